The van der Waals surface area contributed by atoms with Crippen molar-refractivity contribution < 1.29 is 0 Å². The summed E-state index contributed by atoms with van der Waals surface area (Å²) < 4.78 is 0. The molecule has 0 spiro atoms. The number of nitrogens with zero attached hydrogens (tertiary/aromatic N) is 2. The van der Waals surface area contributed by atoms with E-state index in [0.29, 0.717) is 0 Å². The third kappa shape index (κ3) is 1.49. The first-order valence-electron chi connectivity index (χ1n) is 5.11. The second kappa shape index (κ2) is 3.68. The second-order valence-electron chi connectivity index (χ2n) is 3.67. The zero-order valence-corrected chi connectivity index (χ0v) is 9.66. The first kappa shape index (κ1) is 9.48. The van der Waals surface area contributed by atoms with Gasteiger partial charge in [-0.25, -0.2) is 4.98 Å². The Balaban J connectivity index is 2.31. The van der Waals surface area contributed by atoms with Gasteiger partial charge in [-0.15, -0.1) is 11.3 Å². The molecule has 0 aliphatic rings. The van der Waals surface area contributed by atoms with Gasteiger partial charge in [0.15, 0.2) is 0 Å². The van der Waals surface area contributed by atoms with Crippen LogP contribution >= 0.6 is 11.3 Å². The van der Waals surface area contributed by atoms with Crippen molar-refractivity contribution in [2.75, 3.05) is 0 Å². The van der Waals surface area contributed by atoms with Crippen LogP contribution in [0, 0.1) is 6.92 Å². The van der Waals surface area contributed by atoms with Crippen LogP contribution < -0.4 is 0 Å². The third-order valence-electron chi connectivity index (χ3n) is 2.50. The van der Waals surface area contributed by atoms with Crippen molar-refractivity contribution in [1.29, 1.82) is 0 Å². The van der Waals surface area contributed by atoms with E-state index in [1.165, 1.54) is 10.8 Å². The number of benzene rings is 1. The first-order valence-corrected chi connectivity index (χ1v) is 5.99. The van der Waals surface area contributed by atoms with E-state index in [9.17, 15) is 0 Å². The molecule has 0 saturated heterocycles. The predicted molar refractivity (Wildman–Crippen MR) is 67.6 cm³/mol. The summed E-state index contributed by atoms with van der Waals surface area (Å²) in [7, 11) is 0. The lowest BCUT2D eigenvalue weighted by Gasteiger charge is -2.01. The Morgan fingerprint density at radius 1 is 1.12 bits per heavy atom. The Kier molecular flexibility index (Phi) is 2.18. The van der Waals surface area contributed by atoms with Crippen LogP contribution in [0.25, 0.3) is 21.5 Å². The number of rotatable bonds is 1. The smallest absolute Gasteiger partial charge is 0.142 e. The summed E-state index contributed by atoms with van der Waals surface area (Å²) in [6.45, 7) is 2.01. The quantitative estimate of drug-likeness (QED) is 0.632. The highest BCUT2D eigenvalue weighted by Gasteiger charge is 2.07. The molecule has 0 aliphatic heterocycles. The monoisotopic (exact) mass is 226 g/mol. The van der Waals surface area contributed by atoms with Crippen LogP contribution in [0.2, 0.25) is 0 Å². The van der Waals surface area contributed by atoms with Gasteiger partial charge in [0.25, 0.3) is 0 Å². The molecule has 2 aromatic heterocycles. The van der Waals surface area contributed by atoms with Crippen molar-refractivity contribution in [2.24, 2.45) is 0 Å². The number of fused-ring (bicyclic) bond motifs is 1. The summed E-state index contributed by atoms with van der Waals surface area (Å²) in [6, 6.07) is 10.3. The van der Waals surface area contributed by atoms with E-state index in [1.54, 1.807) is 11.3 Å². The Bertz CT molecular complexity index is 638. The first-order chi connectivity index (χ1) is 7.84. The lowest BCUT2D eigenvalue weighted by molar-refractivity contribution is 1.24. The molecule has 0 fully saturated rings. The van der Waals surface area contributed by atoms with Crippen LogP contribution in [0.1, 0.15) is 5.69 Å². The zero-order valence-electron chi connectivity index (χ0n) is 8.84. The fourth-order valence-electron chi connectivity index (χ4n) is 1.75. The van der Waals surface area contributed by atoms with Crippen LogP contribution in [-0.2, 0) is 0 Å². The minimum Gasteiger partial charge on any atom is -0.253 e. The Labute approximate surface area is 97.6 Å². The van der Waals surface area contributed by atoms with Crippen LogP contribution in [0.3, 0.4) is 0 Å². The summed E-state index contributed by atoms with van der Waals surface area (Å²) >= 11 is 1.64. The van der Waals surface area contributed by atoms with E-state index < -0.39 is 0 Å². The van der Waals surface area contributed by atoms with Crippen molar-refractivity contribution in [3.05, 3.63) is 47.6 Å². The Hall–Kier alpha value is -1.74. The number of hydrogen-bond donors (Lipinski definition) is 0. The molecule has 0 saturated carbocycles. The number of aromatic nitrogens is 2. The van der Waals surface area contributed by atoms with Gasteiger partial charge in [-0.3, -0.25) is 4.98 Å². The average molecular weight is 226 g/mol. The average Bonchev–Trinajstić information content (AvgIpc) is 2.75. The van der Waals surface area contributed by atoms with Gasteiger partial charge >= 0.3 is 0 Å². The molecule has 3 rings (SSSR count). The lowest BCUT2D eigenvalue weighted by atomic mass is 10.1. The molecule has 0 unspecified atom stereocenters. The molecule has 0 radical (unpaired) electrons. The molecule has 3 heteroatoms. The topological polar surface area (TPSA) is 25.8 Å². The fraction of sp³-hybridized carbons (Fsp3) is 0.0769. The largest absolute Gasteiger partial charge is 0.253 e. The van der Waals surface area contributed by atoms with Gasteiger partial charge in [-0.2, -0.15) is 0 Å². The summed E-state index contributed by atoms with van der Waals surface area (Å²) in [4.78, 5) is 8.93. The van der Waals surface area contributed by atoms with E-state index in [1.807, 2.05) is 31.3 Å². The second-order valence-corrected chi connectivity index (χ2v) is 4.53. The maximum Gasteiger partial charge on any atom is 0.142 e. The normalized spacial score (nSPS) is 10.8. The van der Waals surface area contributed by atoms with E-state index in [2.05, 4.69) is 27.5 Å². The molecule has 0 aliphatic carbocycles. The van der Waals surface area contributed by atoms with Crippen molar-refractivity contribution in [1.82, 2.24) is 9.97 Å². The molecule has 0 N–H and O–H groups in total. The highest BCUT2D eigenvalue weighted by Crippen LogP contribution is 2.28. The third-order valence-corrected chi connectivity index (χ3v) is 3.46. The maximum atomic E-state index is 4.49. The summed E-state index contributed by atoms with van der Waals surface area (Å²) in [6.07, 6.45) is 1.84. The van der Waals surface area contributed by atoms with Crippen LogP contribution in [-0.4, -0.2) is 9.97 Å². The SMILES string of the molecule is Cc1csc(-c2nccc3ccccc23)n1. The van der Waals surface area contributed by atoms with E-state index in [4.69, 9.17) is 0 Å². The van der Waals surface area contributed by atoms with E-state index in [0.717, 1.165) is 16.4 Å². The van der Waals surface area contributed by atoms with Crippen LogP contribution in [0.5, 0.6) is 0 Å². The molecule has 78 valence electrons. The molecule has 2 heterocycles. The van der Waals surface area contributed by atoms with Gasteiger partial charge in [0.1, 0.15) is 10.7 Å². The lowest BCUT2D eigenvalue weighted by Crippen LogP contribution is -1.85. The van der Waals surface area contributed by atoms with Gasteiger partial charge in [-0.05, 0) is 18.4 Å². The number of thiazole rings is 1. The molecule has 1 aromatic carbocycles. The number of aryl methyl sites for hydroxylation is 1. The molecular formula is C13H10N2S. The van der Waals surface area contributed by atoms with Crippen molar-refractivity contribution in [2.45, 2.75) is 6.92 Å². The standard InChI is InChI=1S/C13H10N2S/c1-9-8-16-13(15-9)12-11-5-3-2-4-10(11)6-7-14-12/h2-8H,1H3. The van der Waals surface area contributed by atoms with Crippen molar-refractivity contribution in [3.8, 4) is 10.7 Å². The van der Waals surface area contributed by atoms with Crippen LogP contribution in [0.15, 0.2) is 41.9 Å². The van der Waals surface area contributed by atoms with Gasteiger partial charge in [0.05, 0.1) is 0 Å². The highest BCUT2D eigenvalue weighted by molar-refractivity contribution is 7.13. The Morgan fingerprint density at radius 3 is 2.81 bits per heavy atom. The van der Waals surface area contributed by atoms with E-state index >= 15 is 0 Å². The fourth-order valence-corrected chi connectivity index (χ4v) is 2.56. The van der Waals surface area contributed by atoms with Gasteiger partial charge in [0, 0.05) is 22.7 Å². The minimum atomic E-state index is 0.983. The summed E-state index contributed by atoms with van der Waals surface area (Å²) in [5.74, 6) is 0. The van der Waals surface area contributed by atoms with Gasteiger partial charge < -0.3 is 0 Å². The molecule has 0 amide bonds. The van der Waals surface area contributed by atoms with Gasteiger partial charge in [0.2, 0.25) is 0 Å². The molecule has 3 aromatic rings. The maximum absolute atomic E-state index is 4.49. The predicted octanol–water partition coefficient (Wildman–Crippen LogP) is 3.67. The summed E-state index contributed by atoms with van der Waals surface area (Å²) in [5, 5.41) is 5.42. The van der Waals surface area contributed by atoms with Crippen molar-refractivity contribution in [3.63, 3.8) is 0 Å². The molecule has 2 nitrogen and oxygen atoms in total. The number of hydrogen-bond acceptors (Lipinski definition) is 3. The minimum absolute atomic E-state index is 0.983. The summed E-state index contributed by atoms with van der Waals surface area (Å²) in [5.41, 5.74) is 2.03. The van der Waals surface area contributed by atoms with Crippen molar-refractivity contribution >= 4 is 22.1 Å². The molecule has 0 bridgehead atoms. The molecule has 16 heavy (non-hydrogen) atoms. The molecular weight excluding hydrogens is 216 g/mol. The number of pyridine rings is 1. The Morgan fingerprint density at radius 2 is 2.00 bits per heavy atom. The van der Waals surface area contributed by atoms with Crippen LogP contribution in [0.4, 0.5) is 0 Å². The molecule has 0 atom stereocenters. The van der Waals surface area contributed by atoms with E-state index in [-0.39, 0.29) is 0 Å². The van der Waals surface area contributed by atoms with Gasteiger partial charge in [-0.1, -0.05) is 24.3 Å². The highest BCUT2D eigenvalue weighted by atomic mass is 32.1. The zero-order chi connectivity index (χ0) is 11.0.